The maximum absolute atomic E-state index is 10.0. The molecule has 2 aromatic heterocycles. The molecule has 0 saturated heterocycles. The van der Waals surface area contributed by atoms with Crippen LogP contribution in [0.25, 0.3) is 44.0 Å². The topological polar surface area (TPSA) is 63.3 Å². The number of aliphatic hydroxyl groups excluding tert-OH is 1. The summed E-state index contributed by atoms with van der Waals surface area (Å²) in [6, 6.07) is 22.6. The molecule has 3 aromatic carbocycles. The van der Waals surface area contributed by atoms with Crippen LogP contribution in [0.1, 0.15) is 45.7 Å². The third-order valence-electron chi connectivity index (χ3n) is 5.82. The van der Waals surface area contributed by atoms with Gasteiger partial charge < -0.3 is 14.5 Å². The molecular formula is C31H30IrNO3-. The van der Waals surface area contributed by atoms with Crippen LogP contribution in [0.2, 0.25) is 0 Å². The number of carbonyl (C=O) groups is 1. The van der Waals surface area contributed by atoms with Crippen molar-refractivity contribution in [1.82, 2.24) is 4.98 Å². The number of aryl methyl sites for hydroxylation is 1. The second kappa shape index (κ2) is 10.8. The molecule has 0 aliphatic rings. The number of carbonyl (C=O) groups excluding carboxylic acids is 1. The van der Waals surface area contributed by atoms with Gasteiger partial charge in [0.2, 0.25) is 0 Å². The summed E-state index contributed by atoms with van der Waals surface area (Å²) in [4.78, 5) is 14.8. The number of para-hydroxylation sites is 1. The van der Waals surface area contributed by atoms with E-state index in [1.54, 1.807) is 0 Å². The quantitative estimate of drug-likeness (QED) is 0.118. The van der Waals surface area contributed by atoms with Crippen LogP contribution < -0.4 is 0 Å². The fourth-order valence-corrected chi connectivity index (χ4v) is 4.21. The Morgan fingerprint density at radius 3 is 2.36 bits per heavy atom. The molecular weight excluding hydrogens is 627 g/mol. The number of ketones is 1. The molecule has 2 heterocycles. The summed E-state index contributed by atoms with van der Waals surface area (Å²) in [5.41, 5.74) is 6.11. The standard InChI is InChI=1S/C26H22NO.C5H8O2.Ir/c1-16-13-21-20-7-5-6-8-23(20)28-25(21)22(14-16)24-19-10-9-18(26(2,3)4)15-17(19)11-12-27-24;1-4(6)3-5(2)7;/h5-13,15H,1-4H3;3,6H,1-2H3;/q-1;;/b;4-3-;. The fourth-order valence-electron chi connectivity index (χ4n) is 4.21. The van der Waals surface area contributed by atoms with E-state index in [-0.39, 0.29) is 37.1 Å². The van der Waals surface area contributed by atoms with E-state index >= 15 is 0 Å². The first-order valence-corrected chi connectivity index (χ1v) is 11.7. The zero-order chi connectivity index (χ0) is 25.3. The van der Waals surface area contributed by atoms with Crippen LogP contribution >= 0.6 is 0 Å². The molecule has 36 heavy (non-hydrogen) atoms. The molecule has 0 saturated carbocycles. The average molecular weight is 657 g/mol. The molecule has 0 aliphatic heterocycles. The van der Waals surface area contributed by atoms with Crippen molar-refractivity contribution < 1.29 is 34.4 Å². The number of aliphatic hydroxyl groups is 1. The molecule has 0 bridgehead atoms. The molecule has 187 valence electrons. The SMILES string of the molecule is CC(=O)/C=C(/C)O.Cc1[c-]c(-c2nccc3cc(C(C)(C)C)ccc23)c2oc3ccccc3c2c1.[Ir]. The van der Waals surface area contributed by atoms with Crippen LogP contribution in [-0.2, 0) is 30.3 Å². The Bertz CT molecular complexity index is 1580. The zero-order valence-electron chi connectivity index (χ0n) is 21.4. The van der Waals surface area contributed by atoms with E-state index in [1.807, 2.05) is 24.4 Å². The number of nitrogens with zero attached hydrogens (tertiary/aromatic N) is 1. The second-order valence-electron chi connectivity index (χ2n) is 9.91. The van der Waals surface area contributed by atoms with E-state index < -0.39 is 0 Å². The molecule has 5 aromatic rings. The van der Waals surface area contributed by atoms with E-state index in [0.29, 0.717) is 0 Å². The van der Waals surface area contributed by atoms with Crippen LogP contribution in [0.15, 0.2) is 77.0 Å². The summed E-state index contributed by atoms with van der Waals surface area (Å²) in [5, 5.41) is 12.9. The molecule has 0 atom stereocenters. The molecule has 5 heteroatoms. The van der Waals surface area contributed by atoms with Crippen LogP contribution in [0.5, 0.6) is 0 Å². The van der Waals surface area contributed by atoms with Crippen molar-refractivity contribution >= 4 is 38.5 Å². The first-order chi connectivity index (χ1) is 16.5. The summed E-state index contributed by atoms with van der Waals surface area (Å²) in [5.74, 6) is -0.0625. The summed E-state index contributed by atoms with van der Waals surface area (Å²) in [6.45, 7) is 11.6. The van der Waals surface area contributed by atoms with Crippen molar-refractivity contribution in [2.75, 3.05) is 0 Å². The third-order valence-corrected chi connectivity index (χ3v) is 5.82. The van der Waals surface area contributed by atoms with Gasteiger partial charge in [-0.05, 0) is 53.4 Å². The Hall–Kier alpha value is -3.27. The Kier molecular flexibility index (Phi) is 8.18. The van der Waals surface area contributed by atoms with E-state index in [2.05, 4.69) is 70.2 Å². The van der Waals surface area contributed by atoms with Crippen molar-refractivity contribution in [3.63, 3.8) is 0 Å². The predicted molar refractivity (Wildman–Crippen MR) is 144 cm³/mol. The molecule has 5 rings (SSSR count). The van der Waals surface area contributed by atoms with Gasteiger partial charge in [0.05, 0.1) is 11.3 Å². The summed E-state index contributed by atoms with van der Waals surface area (Å²) in [6.07, 6.45) is 3.05. The first-order valence-electron chi connectivity index (χ1n) is 11.7. The van der Waals surface area contributed by atoms with Gasteiger partial charge >= 0.3 is 0 Å². The monoisotopic (exact) mass is 657 g/mol. The molecule has 0 aliphatic carbocycles. The van der Waals surface area contributed by atoms with Crippen LogP contribution in [0, 0.1) is 13.0 Å². The number of pyridine rings is 1. The van der Waals surface area contributed by atoms with Gasteiger partial charge in [0.15, 0.2) is 5.78 Å². The van der Waals surface area contributed by atoms with E-state index in [0.717, 1.165) is 44.1 Å². The van der Waals surface area contributed by atoms with Crippen LogP contribution in [-0.4, -0.2) is 15.9 Å². The Morgan fingerprint density at radius 1 is 1.00 bits per heavy atom. The Balaban J connectivity index is 0.000000400. The molecule has 0 fully saturated rings. The fraction of sp³-hybridized carbons (Fsp3) is 0.226. The number of hydrogen-bond donors (Lipinski definition) is 1. The first kappa shape index (κ1) is 27.3. The van der Waals surface area contributed by atoms with Gasteiger partial charge in [0.25, 0.3) is 0 Å². The van der Waals surface area contributed by atoms with Gasteiger partial charge in [-0.25, -0.2) is 0 Å². The van der Waals surface area contributed by atoms with Gasteiger partial charge in [-0.2, -0.15) is 0 Å². The largest absolute Gasteiger partial charge is 0.512 e. The summed E-state index contributed by atoms with van der Waals surface area (Å²) in [7, 11) is 0. The van der Waals surface area contributed by atoms with Gasteiger partial charge in [0, 0.05) is 37.8 Å². The van der Waals surface area contributed by atoms with Crippen molar-refractivity contribution in [3.8, 4) is 11.3 Å². The van der Waals surface area contributed by atoms with Crippen molar-refractivity contribution in [3.05, 3.63) is 89.8 Å². The minimum absolute atomic E-state index is 0. The second-order valence-corrected chi connectivity index (χ2v) is 9.91. The number of hydrogen-bond acceptors (Lipinski definition) is 4. The number of rotatable bonds is 2. The molecule has 1 radical (unpaired) electrons. The average Bonchev–Trinajstić information content (AvgIpc) is 3.15. The van der Waals surface area contributed by atoms with Crippen LogP contribution in [0.4, 0.5) is 0 Å². The van der Waals surface area contributed by atoms with Crippen molar-refractivity contribution in [2.24, 2.45) is 0 Å². The van der Waals surface area contributed by atoms with Gasteiger partial charge in [-0.1, -0.05) is 75.0 Å². The van der Waals surface area contributed by atoms with Crippen molar-refractivity contribution in [2.45, 2.75) is 47.0 Å². The minimum atomic E-state index is -0.125. The number of fused-ring (bicyclic) bond motifs is 4. The smallest absolute Gasteiger partial charge is 0.155 e. The van der Waals surface area contributed by atoms with E-state index in [4.69, 9.17) is 14.5 Å². The van der Waals surface area contributed by atoms with E-state index in [1.165, 1.54) is 30.9 Å². The molecule has 0 unspecified atom stereocenters. The van der Waals surface area contributed by atoms with Crippen LogP contribution in [0.3, 0.4) is 0 Å². The maximum atomic E-state index is 10.0. The van der Waals surface area contributed by atoms with E-state index in [9.17, 15) is 4.79 Å². The molecule has 0 amide bonds. The minimum Gasteiger partial charge on any atom is -0.512 e. The van der Waals surface area contributed by atoms with Gasteiger partial charge in [0.1, 0.15) is 5.58 Å². The van der Waals surface area contributed by atoms with Gasteiger partial charge in [-0.3, -0.25) is 4.79 Å². The molecule has 1 N–H and O–H groups in total. The van der Waals surface area contributed by atoms with Gasteiger partial charge in [-0.15, -0.1) is 17.7 Å². The maximum Gasteiger partial charge on any atom is 0.155 e. The number of allylic oxidation sites excluding steroid dienone is 2. The molecule has 4 nitrogen and oxygen atoms in total. The Morgan fingerprint density at radius 2 is 1.72 bits per heavy atom. The number of benzene rings is 3. The molecule has 0 spiro atoms. The third kappa shape index (κ3) is 5.75. The normalized spacial score (nSPS) is 11.8. The number of furan rings is 1. The summed E-state index contributed by atoms with van der Waals surface area (Å²) < 4.78 is 6.25. The number of aromatic nitrogens is 1. The summed E-state index contributed by atoms with van der Waals surface area (Å²) >= 11 is 0. The Labute approximate surface area is 225 Å². The van der Waals surface area contributed by atoms with Crippen molar-refractivity contribution in [1.29, 1.82) is 0 Å². The predicted octanol–water partition coefficient (Wildman–Crippen LogP) is 8.24. The zero-order valence-corrected chi connectivity index (χ0v) is 23.8.